The van der Waals surface area contributed by atoms with Crippen LogP contribution in [0, 0.1) is 11.8 Å². The van der Waals surface area contributed by atoms with Crippen molar-refractivity contribution in [3.05, 3.63) is 41.5 Å². The van der Waals surface area contributed by atoms with Crippen LogP contribution in [0.3, 0.4) is 0 Å². The largest absolute Gasteiger partial charge is 0.459 e. The summed E-state index contributed by atoms with van der Waals surface area (Å²) in [6, 6.07) is 8.16. The molecule has 0 amide bonds. The topological polar surface area (TPSA) is 26.3 Å². The molecule has 0 radical (unpaired) electrons. The van der Waals surface area contributed by atoms with E-state index in [0.29, 0.717) is 5.56 Å². The van der Waals surface area contributed by atoms with Gasteiger partial charge in [-0.3, -0.25) is 0 Å². The van der Waals surface area contributed by atoms with Crippen molar-refractivity contribution in [2.75, 3.05) is 0 Å². The van der Waals surface area contributed by atoms with E-state index in [1.807, 2.05) is 12.1 Å². The number of hydrogen-bond acceptors (Lipinski definition) is 2. The molecule has 1 aromatic rings. The fraction of sp³-hybridized carbons (Fsp3) is 0.700. The fourth-order valence-corrected chi connectivity index (χ4v) is 5.53. The lowest BCUT2D eigenvalue weighted by Crippen LogP contribution is -2.24. The Morgan fingerprint density at radius 3 is 2.12 bits per heavy atom. The molecule has 2 nitrogen and oxygen atoms in total. The zero-order valence-electron chi connectivity index (χ0n) is 20.7. The van der Waals surface area contributed by atoms with E-state index in [9.17, 15) is 4.79 Å². The van der Waals surface area contributed by atoms with Gasteiger partial charge in [0, 0.05) is 0 Å². The van der Waals surface area contributed by atoms with Gasteiger partial charge in [-0.2, -0.15) is 0 Å². The second kappa shape index (κ2) is 13.9. The van der Waals surface area contributed by atoms with E-state index in [1.165, 1.54) is 101 Å². The van der Waals surface area contributed by atoms with E-state index in [-0.39, 0.29) is 12.1 Å². The van der Waals surface area contributed by atoms with Gasteiger partial charge in [0.15, 0.2) is 0 Å². The van der Waals surface area contributed by atoms with Gasteiger partial charge in [-0.05, 0) is 80.1 Å². The van der Waals surface area contributed by atoms with Gasteiger partial charge in [0.1, 0.15) is 6.10 Å². The first-order chi connectivity index (χ1) is 15.7. The molecular weight excluding hydrogens is 392 g/mol. The van der Waals surface area contributed by atoms with Gasteiger partial charge in [0.2, 0.25) is 0 Å². The molecule has 2 aliphatic carbocycles. The average Bonchev–Trinajstić information content (AvgIpc) is 2.83. The van der Waals surface area contributed by atoms with Crippen LogP contribution in [-0.4, -0.2) is 12.1 Å². The van der Waals surface area contributed by atoms with Gasteiger partial charge in [0.25, 0.3) is 0 Å². The van der Waals surface area contributed by atoms with Gasteiger partial charge >= 0.3 is 5.97 Å². The molecule has 0 bridgehead atoms. The van der Waals surface area contributed by atoms with Gasteiger partial charge in [-0.15, -0.1) is 0 Å². The summed E-state index contributed by atoms with van der Waals surface area (Å²) < 4.78 is 5.86. The number of ether oxygens (including phenoxy) is 1. The van der Waals surface area contributed by atoms with Crippen molar-refractivity contribution < 1.29 is 9.53 Å². The third-order valence-electron chi connectivity index (χ3n) is 7.76. The highest BCUT2D eigenvalue weighted by atomic mass is 16.5. The molecule has 0 spiro atoms. The molecule has 1 saturated carbocycles. The van der Waals surface area contributed by atoms with E-state index in [4.69, 9.17) is 4.74 Å². The van der Waals surface area contributed by atoms with E-state index in [1.54, 1.807) is 0 Å². The van der Waals surface area contributed by atoms with Crippen LogP contribution >= 0.6 is 0 Å². The molecule has 178 valence electrons. The molecule has 32 heavy (non-hydrogen) atoms. The predicted molar refractivity (Wildman–Crippen MR) is 136 cm³/mol. The molecule has 1 aromatic carbocycles. The normalized spacial score (nSPS) is 23.6. The monoisotopic (exact) mass is 438 g/mol. The maximum atomic E-state index is 12.7. The Kier molecular flexibility index (Phi) is 10.9. The molecule has 1 unspecified atom stereocenters. The van der Waals surface area contributed by atoms with Gasteiger partial charge < -0.3 is 4.74 Å². The molecular formula is C30H46O2. The molecule has 0 heterocycles. The Hall–Kier alpha value is -1.57. The molecule has 2 heteroatoms. The third-order valence-corrected chi connectivity index (χ3v) is 7.76. The van der Waals surface area contributed by atoms with Crippen LogP contribution in [-0.2, 0) is 4.74 Å². The zero-order valence-corrected chi connectivity index (χ0v) is 20.7. The van der Waals surface area contributed by atoms with Gasteiger partial charge in [0.05, 0.1) is 5.56 Å². The minimum Gasteiger partial charge on any atom is -0.459 e. The van der Waals surface area contributed by atoms with Crippen LogP contribution in [0.2, 0.25) is 0 Å². The van der Waals surface area contributed by atoms with Crippen LogP contribution in [0.4, 0.5) is 0 Å². The summed E-state index contributed by atoms with van der Waals surface area (Å²) in [6.45, 7) is 4.55. The fourth-order valence-electron chi connectivity index (χ4n) is 5.53. The number of unbranched alkanes of at least 4 members (excludes halogenated alkanes) is 5. The molecule has 1 atom stereocenters. The SMILES string of the molecule is CCCCCCC1CCC(OC(=O)c2ccc(C3=CCC(CCCCC)CC3)cc2)CC1. The summed E-state index contributed by atoms with van der Waals surface area (Å²) in [5, 5.41) is 0. The molecule has 2 aliphatic rings. The molecule has 0 aromatic heterocycles. The van der Waals surface area contributed by atoms with Crippen molar-refractivity contribution in [2.24, 2.45) is 11.8 Å². The Morgan fingerprint density at radius 1 is 0.812 bits per heavy atom. The molecule has 3 rings (SSSR count). The number of carbonyl (C=O) groups is 1. The number of benzene rings is 1. The predicted octanol–water partition coefficient (Wildman–Crippen LogP) is 9.14. The van der Waals surface area contributed by atoms with Gasteiger partial charge in [-0.25, -0.2) is 4.79 Å². The second-order valence-corrected chi connectivity index (χ2v) is 10.3. The average molecular weight is 439 g/mol. The Morgan fingerprint density at radius 2 is 1.47 bits per heavy atom. The lowest BCUT2D eigenvalue weighted by molar-refractivity contribution is 0.0161. The maximum absolute atomic E-state index is 12.7. The second-order valence-electron chi connectivity index (χ2n) is 10.3. The van der Waals surface area contributed by atoms with Crippen LogP contribution in [0.15, 0.2) is 30.3 Å². The van der Waals surface area contributed by atoms with E-state index >= 15 is 0 Å². The molecule has 0 saturated heterocycles. The van der Waals surface area contributed by atoms with Crippen LogP contribution in [0.5, 0.6) is 0 Å². The number of esters is 1. The lowest BCUT2D eigenvalue weighted by atomic mass is 9.83. The first-order valence-electron chi connectivity index (χ1n) is 13.7. The van der Waals surface area contributed by atoms with E-state index in [0.717, 1.165) is 24.7 Å². The quantitative estimate of drug-likeness (QED) is 0.240. The van der Waals surface area contributed by atoms with E-state index < -0.39 is 0 Å². The first kappa shape index (κ1) is 25.1. The maximum Gasteiger partial charge on any atom is 0.338 e. The van der Waals surface area contributed by atoms with Crippen LogP contribution in [0.25, 0.3) is 5.57 Å². The van der Waals surface area contributed by atoms with Crippen molar-refractivity contribution in [1.82, 2.24) is 0 Å². The summed E-state index contributed by atoms with van der Waals surface area (Å²) in [4.78, 5) is 12.7. The van der Waals surface area contributed by atoms with Gasteiger partial charge in [-0.1, -0.05) is 89.8 Å². The summed E-state index contributed by atoms with van der Waals surface area (Å²) in [5.74, 6) is 1.57. The minimum atomic E-state index is -0.142. The molecule has 0 N–H and O–H groups in total. The number of allylic oxidation sites excluding steroid dienone is 2. The number of carbonyl (C=O) groups excluding carboxylic acids is 1. The van der Waals surface area contributed by atoms with Crippen LogP contribution in [0.1, 0.15) is 133 Å². The highest BCUT2D eigenvalue weighted by Gasteiger charge is 2.24. The van der Waals surface area contributed by atoms with Crippen molar-refractivity contribution in [1.29, 1.82) is 0 Å². The smallest absolute Gasteiger partial charge is 0.338 e. The zero-order chi connectivity index (χ0) is 22.6. The lowest BCUT2D eigenvalue weighted by Gasteiger charge is -2.28. The van der Waals surface area contributed by atoms with Crippen molar-refractivity contribution in [3.8, 4) is 0 Å². The Balaban J connectivity index is 1.40. The molecule has 1 fully saturated rings. The molecule has 0 aliphatic heterocycles. The standard InChI is InChI=1S/C30H46O2/c1-3-5-7-9-11-25-14-22-29(23-15-25)32-30(31)28-20-18-27(19-21-28)26-16-12-24(13-17-26)10-8-6-4-2/h16,18-21,24-25,29H,3-15,17,22-23H2,1-2H3. The summed E-state index contributed by atoms with van der Waals surface area (Å²) in [5.41, 5.74) is 3.43. The first-order valence-corrected chi connectivity index (χ1v) is 13.7. The summed E-state index contributed by atoms with van der Waals surface area (Å²) in [6.07, 6.45) is 22.9. The Bertz CT molecular complexity index is 694. The number of hydrogen-bond donors (Lipinski definition) is 0. The Labute approximate surface area is 197 Å². The third kappa shape index (κ3) is 8.09. The highest BCUT2D eigenvalue weighted by molar-refractivity contribution is 5.90. The highest BCUT2D eigenvalue weighted by Crippen LogP contribution is 2.33. The van der Waals surface area contributed by atoms with Crippen molar-refractivity contribution in [3.63, 3.8) is 0 Å². The van der Waals surface area contributed by atoms with Crippen molar-refractivity contribution >= 4 is 11.5 Å². The minimum absolute atomic E-state index is 0.111. The van der Waals surface area contributed by atoms with Crippen molar-refractivity contribution in [2.45, 2.75) is 123 Å². The summed E-state index contributed by atoms with van der Waals surface area (Å²) >= 11 is 0. The van der Waals surface area contributed by atoms with E-state index in [2.05, 4.69) is 32.1 Å². The summed E-state index contributed by atoms with van der Waals surface area (Å²) in [7, 11) is 0. The number of rotatable bonds is 12. The van der Waals surface area contributed by atoms with Crippen LogP contribution < -0.4 is 0 Å².